The Kier molecular flexibility index (Phi) is 4.98. The number of benzene rings is 1. The number of morpholine rings is 1. The van der Waals surface area contributed by atoms with Crippen LogP contribution in [0.2, 0.25) is 0 Å². The monoisotopic (exact) mass is 365 g/mol. The number of pyridine rings is 1. The van der Waals surface area contributed by atoms with Gasteiger partial charge >= 0.3 is 0 Å². The van der Waals surface area contributed by atoms with Gasteiger partial charge in [-0.15, -0.1) is 0 Å². The first kappa shape index (κ1) is 18.1. The third-order valence-electron chi connectivity index (χ3n) is 6.10. The molecule has 4 rings (SSSR count). The van der Waals surface area contributed by atoms with Gasteiger partial charge in [0.1, 0.15) is 6.61 Å². The van der Waals surface area contributed by atoms with E-state index in [1.165, 1.54) is 5.56 Å². The number of ether oxygens (including phenoxy) is 1. The molecule has 0 bridgehead atoms. The minimum absolute atomic E-state index is 0.0359. The lowest BCUT2D eigenvalue weighted by atomic mass is 9.76. The van der Waals surface area contributed by atoms with Gasteiger partial charge in [-0.25, -0.2) is 0 Å². The molecule has 0 unspecified atom stereocenters. The molecule has 1 aromatic heterocycles. The van der Waals surface area contributed by atoms with Gasteiger partial charge in [-0.1, -0.05) is 43.3 Å². The molecule has 2 fully saturated rings. The molecule has 2 saturated heterocycles. The zero-order valence-electron chi connectivity index (χ0n) is 16.1. The Bertz CT molecular complexity index is 793. The van der Waals surface area contributed by atoms with E-state index >= 15 is 0 Å². The molecule has 2 aliphatic rings. The van der Waals surface area contributed by atoms with Gasteiger partial charge in [-0.05, 0) is 30.0 Å². The van der Waals surface area contributed by atoms with Crippen LogP contribution in [-0.2, 0) is 28.0 Å². The van der Waals surface area contributed by atoms with Crippen molar-refractivity contribution in [1.29, 1.82) is 0 Å². The number of nitrogens with zero attached hydrogens (tertiary/aromatic N) is 3. The molecule has 2 aromatic rings. The van der Waals surface area contributed by atoms with Crippen molar-refractivity contribution < 1.29 is 9.53 Å². The second kappa shape index (κ2) is 7.41. The molecule has 2 aliphatic heterocycles. The van der Waals surface area contributed by atoms with Crippen molar-refractivity contribution in [2.45, 2.75) is 38.0 Å². The van der Waals surface area contributed by atoms with Crippen LogP contribution < -0.4 is 0 Å². The Balaban J connectivity index is 1.56. The van der Waals surface area contributed by atoms with Crippen molar-refractivity contribution >= 4 is 5.91 Å². The highest BCUT2D eigenvalue weighted by molar-refractivity contribution is 5.79. The number of carbonyl (C=O) groups excluding carboxylic acids is 1. The summed E-state index contributed by atoms with van der Waals surface area (Å²) in [5, 5.41) is 0. The fraction of sp³-hybridized carbons (Fsp3) is 0.455. The van der Waals surface area contributed by atoms with Crippen LogP contribution in [0.5, 0.6) is 0 Å². The lowest BCUT2D eigenvalue weighted by Gasteiger charge is -2.54. The molecule has 142 valence electrons. The maximum absolute atomic E-state index is 12.4. The van der Waals surface area contributed by atoms with E-state index in [1.54, 1.807) is 0 Å². The highest BCUT2D eigenvalue weighted by atomic mass is 16.5. The van der Waals surface area contributed by atoms with Crippen molar-refractivity contribution in [3.05, 3.63) is 65.5 Å². The van der Waals surface area contributed by atoms with Gasteiger partial charge in [0.2, 0.25) is 5.91 Å². The summed E-state index contributed by atoms with van der Waals surface area (Å²) in [7, 11) is 1.92. The first-order chi connectivity index (χ1) is 13.1. The molecule has 27 heavy (non-hydrogen) atoms. The van der Waals surface area contributed by atoms with Crippen molar-refractivity contribution in [2.75, 3.05) is 26.7 Å². The van der Waals surface area contributed by atoms with E-state index in [9.17, 15) is 4.79 Å². The Hall–Kier alpha value is -2.24. The highest BCUT2D eigenvalue weighted by Gasteiger charge is 2.52. The fourth-order valence-corrected chi connectivity index (χ4v) is 4.41. The number of likely N-dealkylation sites (N-methyl/N-ethyl adjacent to an activating group) is 1. The molecule has 0 N–H and O–H groups in total. The molecule has 5 heteroatoms. The van der Waals surface area contributed by atoms with Crippen LogP contribution in [0.15, 0.2) is 48.7 Å². The van der Waals surface area contributed by atoms with Gasteiger partial charge in [0.05, 0.1) is 17.3 Å². The molecule has 0 spiro atoms. The van der Waals surface area contributed by atoms with Crippen LogP contribution in [0.1, 0.15) is 30.2 Å². The summed E-state index contributed by atoms with van der Waals surface area (Å²) in [6.45, 7) is 4.81. The molecule has 3 heterocycles. The third-order valence-corrected chi connectivity index (χ3v) is 6.10. The SMILES string of the molecule is CCc1ccc(CN2CC[C@]3(c4ccccc4)[C@@H](C2)OCC(=O)N3C)nc1. The fourth-order valence-electron chi connectivity index (χ4n) is 4.41. The molecular weight excluding hydrogens is 338 g/mol. The Morgan fingerprint density at radius 2 is 2.04 bits per heavy atom. The first-order valence-electron chi connectivity index (χ1n) is 9.73. The Morgan fingerprint density at radius 1 is 1.22 bits per heavy atom. The largest absolute Gasteiger partial charge is 0.364 e. The summed E-state index contributed by atoms with van der Waals surface area (Å²) >= 11 is 0. The molecule has 0 aliphatic carbocycles. The van der Waals surface area contributed by atoms with Gasteiger partial charge < -0.3 is 9.64 Å². The lowest BCUT2D eigenvalue weighted by molar-refractivity contribution is -0.183. The molecule has 0 saturated carbocycles. The maximum atomic E-state index is 12.4. The Labute approximate surface area is 161 Å². The average molecular weight is 365 g/mol. The van der Waals surface area contributed by atoms with Crippen LogP contribution in [-0.4, -0.2) is 53.5 Å². The summed E-state index contributed by atoms with van der Waals surface area (Å²) in [5.74, 6) is 0.0559. The van der Waals surface area contributed by atoms with Crippen LogP contribution in [0.3, 0.4) is 0 Å². The topological polar surface area (TPSA) is 45.7 Å². The number of aromatic nitrogens is 1. The van der Waals surface area contributed by atoms with E-state index in [2.05, 4.69) is 41.1 Å². The number of fused-ring (bicyclic) bond motifs is 1. The van der Waals surface area contributed by atoms with E-state index < -0.39 is 0 Å². The molecule has 2 atom stereocenters. The van der Waals surface area contributed by atoms with Crippen LogP contribution >= 0.6 is 0 Å². The van der Waals surface area contributed by atoms with Crippen molar-refractivity contribution in [3.63, 3.8) is 0 Å². The third kappa shape index (κ3) is 3.26. The molecule has 1 aromatic carbocycles. The number of aryl methyl sites for hydroxylation is 1. The predicted octanol–water partition coefficient (Wildman–Crippen LogP) is 2.60. The van der Waals surface area contributed by atoms with Crippen molar-refractivity contribution in [1.82, 2.24) is 14.8 Å². The summed E-state index contributed by atoms with van der Waals surface area (Å²) in [6.07, 6.45) is 3.80. The zero-order valence-corrected chi connectivity index (χ0v) is 16.1. The molecule has 5 nitrogen and oxygen atoms in total. The summed E-state index contributed by atoms with van der Waals surface area (Å²) < 4.78 is 6.07. The highest BCUT2D eigenvalue weighted by Crippen LogP contribution is 2.42. The second-order valence-electron chi connectivity index (χ2n) is 7.54. The second-order valence-corrected chi connectivity index (χ2v) is 7.54. The van der Waals surface area contributed by atoms with Gasteiger partial charge in [0, 0.05) is 32.9 Å². The number of rotatable bonds is 4. The van der Waals surface area contributed by atoms with E-state index in [0.717, 1.165) is 43.7 Å². The lowest BCUT2D eigenvalue weighted by Crippen LogP contribution is -2.66. The van der Waals surface area contributed by atoms with Crippen LogP contribution in [0, 0.1) is 0 Å². The van der Waals surface area contributed by atoms with Gasteiger partial charge in [0.25, 0.3) is 0 Å². The molecule has 1 amide bonds. The van der Waals surface area contributed by atoms with Gasteiger partial charge in [0.15, 0.2) is 0 Å². The minimum atomic E-state index is -0.382. The van der Waals surface area contributed by atoms with Gasteiger partial charge in [-0.2, -0.15) is 0 Å². The van der Waals surface area contributed by atoms with E-state index in [4.69, 9.17) is 4.74 Å². The van der Waals surface area contributed by atoms with E-state index in [1.807, 2.05) is 36.3 Å². The summed E-state index contributed by atoms with van der Waals surface area (Å²) in [6, 6.07) is 14.6. The zero-order chi connectivity index (χ0) is 18.9. The number of hydrogen-bond acceptors (Lipinski definition) is 4. The summed E-state index contributed by atoms with van der Waals surface area (Å²) in [4.78, 5) is 21.4. The van der Waals surface area contributed by atoms with Crippen LogP contribution in [0.4, 0.5) is 0 Å². The van der Waals surface area contributed by atoms with E-state index in [-0.39, 0.29) is 24.2 Å². The number of amides is 1. The number of hydrogen-bond donors (Lipinski definition) is 0. The first-order valence-corrected chi connectivity index (χ1v) is 9.73. The minimum Gasteiger partial charge on any atom is -0.364 e. The van der Waals surface area contributed by atoms with Crippen molar-refractivity contribution in [2.24, 2.45) is 0 Å². The number of likely N-dealkylation sites (tertiary alicyclic amines) is 1. The quantitative estimate of drug-likeness (QED) is 0.836. The molecule has 0 radical (unpaired) electrons. The predicted molar refractivity (Wildman–Crippen MR) is 104 cm³/mol. The van der Waals surface area contributed by atoms with Crippen LogP contribution in [0.25, 0.3) is 0 Å². The van der Waals surface area contributed by atoms with Gasteiger partial charge in [-0.3, -0.25) is 14.7 Å². The average Bonchev–Trinajstić information content (AvgIpc) is 2.72. The Morgan fingerprint density at radius 3 is 2.74 bits per heavy atom. The maximum Gasteiger partial charge on any atom is 0.249 e. The number of carbonyl (C=O) groups is 1. The van der Waals surface area contributed by atoms with Crippen molar-refractivity contribution in [3.8, 4) is 0 Å². The summed E-state index contributed by atoms with van der Waals surface area (Å²) in [5.41, 5.74) is 3.12. The normalized spacial score (nSPS) is 26.1. The van der Waals surface area contributed by atoms with E-state index in [0.29, 0.717) is 0 Å². The molecular formula is C22H27N3O2. The smallest absolute Gasteiger partial charge is 0.249 e. The number of piperidine rings is 1. The standard InChI is InChI=1S/C22H27N3O2/c1-3-17-9-10-19(23-13-17)14-25-12-11-22(18-7-5-4-6-8-18)20(15-25)27-16-21(26)24(22)2/h4-10,13,20H,3,11-12,14-16H2,1-2H3/t20-,22+/m1/s1.